The van der Waals surface area contributed by atoms with Gasteiger partial charge in [-0.3, -0.25) is 9.59 Å². The minimum Gasteiger partial charge on any atom is -0.449 e. The first-order valence-electron chi connectivity index (χ1n) is 14.4. The first kappa shape index (κ1) is 28.9. The summed E-state index contributed by atoms with van der Waals surface area (Å²) in [6.45, 7) is 3.99. The van der Waals surface area contributed by atoms with E-state index in [9.17, 15) is 22.4 Å². The van der Waals surface area contributed by atoms with Gasteiger partial charge in [-0.2, -0.15) is 4.31 Å². The maximum absolute atomic E-state index is 14.3. The molecule has 0 bridgehead atoms. The SMILES string of the molecule is Cc1ccc(S(=O)(=O)N2CCC(C(=O)Nc3c(C(=O)N4CCN(c5ccccc5F)CC4)oc4ccccc34)CC2)cc1. The first-order valence-corrected chi connectivity index (χ1v) is 15.8. The molecule has 2 aliphatic rings. The highest BCUT2D eigenvalue weighted by Gasteiger charge is 2.34. The fourth-order valence-electron chi connectivity index (χ4n) is 5.77. The van der Waals surface area contributed by atoms with Crippen molar-refractivity contribution in [1.29, 1.82) is 0 Å². The number of carbonyl (C=O) groups is 2. The number of para-hydroxylation sites is 2. The highest BCUT2D eigenvalue weighted by molar-refractivity contribution is 7.89. The minimum absolute atomic E-state index is 0.0493. The summed E-state index contributed by atoms with van der Waals surface area (Å²) in [4.78, 5) is 31.0. The molecule has 0 spiro atoms. The maximum atomic E-state index is 14.3. The summed E-state index contributed by atoms with van der Waals surface area (Å²) in [5, 5.41) is 3.56. The van der Waals surface area contributed by atoms with Crippen molar-refractivity contribution in [2.75, 3.05) is 49.5 Å². The number of furan rings is 1. The van der Waals surface area contributed by atoms with Crippen LogP contribution in [0.2, 0.25) is 0 Å². The maximum Gasteiger partial charge on any atom is 0.291 e. The van der Waals surface area contributed by atoms with Crippen LogP contribution in [0.25, 0.3) is 11.0 Å². The Morgan fingerprint density at radius 3 is 2.21 bits per heavy atom. The number of hydrogen-bond donors (Lipinski definition) is 1. The van der Waals surface area contributed by atoms with Crippen LogP contribution in [0.3, 0.4) is 0 Å². The summed E-state index contributed by atoms with van der Waals surface area (Å²) < 4.78 is 47.9. The molecule has 0 radical (unpaired) electrons. The number of sulfonamides is 1. The molecule has 0 atom stereocenters. The van der Waals surface area contributed by atoms with Gasteiger partial charge in [0.2, 0.25) is 21.7 Å². The monoisotopic (exact) mass is 604 g/mol. The molecule has 3 aromatic carbocycles. The van der Waals surface area contributed by atoms with Crippen molar-refractivity contribution in [3.05, 3.63) is 89.9 Å². The zero-order valence-electron chi connectivity index (χ0n) is 23.8. The lowest BCUT2D eigenvalue weighted by Gasteiger charge is -2.36. The van der Waals surface area contributed by atoms with E-state index in [4.69, 9.17) is 4.42 Å². The van der Waals surface area contributed by atoms with Crippen molar-refractivity contribution >= 4 is 44.2 Å². The predicted molar refractivity (Wildman–Crippen MR) is 162 cm³/mol. The molecule has 9 nitrogen and oxygen atoms in total. The number of aryl methyl sites for hydroxylation is 1. The van der Waals surface area contributed by atoms with Crippen LogP contribution in [0.4, 0.5) is 15.8 Å². The van der Waals surface area contributed by atoms with Crippen LogP contribution in [0.15, 0.2) is 82.1 Å². The Morgan fingerprint density at radius 1 is 0.860 bits per heavy atom. The second-order valence-corrected chi connectivity index (χ2v) is 13.0. The van der Waals surface area contributed by atoms with E-state index in [1.54, 1.807) is 65.6 Å². The Kier molecular flexibility index (Phi) is 7.93. The topological polar surface area (TPSA) is 103 Å². The van der Waals surface area contributed by atoms with E-state index >= 15 is 0 Å². The first-order chi connectivity index (χ1) is 20.7. The Labute approximate surface area is 249 Å². The largest absolute Gasteiger partial charge is 0.449 e. The molecular weight excluding hydrogens is 571 g/mol. The van der Waals surface area contributed by atoms with Gasteiger partial charge in [0.05, 0.1) is 10.6 Å². The number of fused-ring (bicyclic) bond motifs is 1. The highest BCUT2D eigenvalue weighted by Crippen LogP contribution is 2.34. The summed E-state index contributed by atoms with van der Waals surface area (Å²) >= 11 is 0. The number of piperazine rings is 1. The van der Waals surface area contributed by atoms with E-state index in [0.717, 1.165) is 5.56 Å². The lowest BCUT2D eigenvalue weighted by Crippen LogP contribution is -2.49. The van der Waals surface area contributed by atoms with Crippen molar-refractivity contribution in [3.63, 3.8) is 0 Å². The molecule has 43 heavy (non-hydrogen) atoms. The van der Waals surface area contributed by atoms with Gasteiger partial charge in [0.15, 0.2) is 0 Å². The van der Waals surface area contributed by atoms with Gasteiger partial charge in [-0.15, -0.1) is 0 Å². The second-order valence-electron chi connectivity index (χ2n) is 11.0. The van der Waals surface area contributed by atoms with Gasteiger partial charge in [-0.05, 0) is 56.2 Å². The van der Waals surface area contributed by atoms with Gasteiger partial charge in [-0.25, -0.2) is 12.8 Å². The van der Waals surface area contributed by atoms with E-state index < -0.39 is 15.9 Å². The number of piperidine rings is 1. The van der Waals surface area contributed by atoms with Gasteiger partial charge in [0.25, 0.3) is 5.91 Å². The van der Waals surface area contributed by atoms with Crippen molar-refractivity contribution in [2.24, 2.45) is 5.92 Å². The molecular formula is C32H33FN4O5S. The molecule has 2 saturated heterocycles. The van der Waals surface area contributed by atoms with Crippen LogP contribution in [0.1, 0.15) is 29.0 Å². The smallest absolute Gasteiger partial charge is 0.291 e. The lowest BCUT2D eigenvalue weighted by atomic mass is 9.97. The summed E-state index contributed by atoms with van der Waals surface area (Å²) in [5.41, 5.74) is 2.27. The van der Waals surface area contributed by atoms with Gasteiger partial charge < -0.3 is 19.5 Å². The fourth-order valence-corrected chi connectivity index (χ4v) is 7.24. The summed E-state index contributed by atoms with van der Waals surface area (Å²) in [6.07, 6.45) is 0.710. The van der Waals surface area contributed by atoms with Crippen LogP contribution < -0.4 is 10.2 Å². The number of amides is 2. The van der Waals surface area contributed by atoms with E-state index in [0.29, 0.717) is 61.4 Å². The molecule has 0 aliphatic carbocycles. The number of nitrogens with zero attached hydrogens (tertiary/aromatic N) is 3. The standard InChI is InChI=1S/C32H33FN4O5S/c1-22-10-12-24(13-11-22)43(40,41)37-16-14-23(15-17-37)31(38)34-29-25-6-2-5-9-28(25)42-30(29)32(39)36-20-18-35(19-21-36)27-8-4-3-7-26(27)33/h2-13,23H,14-21H2,1H3,(H,34,38). The third kappa shape index (κ3) is 5.74. The molecule has 0 unspecified atom stereocenters. The molecule has 3 heterocycles. The van der Waals surface area contributed by atoms with Crippen LogP contribution >= 0.6 is 0 Å². The van der Waals surface area contributed by atoms with Crippen LogP contribution in [0.5, 0.6) is 0 Å². The lowest BCUT2D eigenvalue weighted by molar-refractivity contribution is -0.120. The quantitative estimate of drug-likeness (QED) is 0.337. The fraction of sp³-hybridized carbons (Fsp3) is 0.312. The van der Waals surface area contributed by atoms with Crippen molar-refractivity contribution in [1.82, 2.24) is 9.21 Å². The summed E-state index contributed by atoms with van der Waals surface area (Å²) in [5.74, 6) is -1.31. The highest BCUT2D eigenvalue weighted by atomic mass is 32.2. The second kappa shape index (κ2) is 11.8. The average molecular weight is 605 g/mol. The molecule has 1 N–H and O–H groups in total. The number of anilines is 2. The zero-order chi connectivity index (χ0) is 30.1. The van der Waals surface area contributed by atoms with Crippen LogP contribution in [0, 0.1) is 18.7 Å². The molecule has 224 valence electrons. The van der Waals surface area contributed by atoms with E-state index in [1.807, 2.05) is 17.9 Å². The van der Waals surface area contributed by atoms with Crippen molar-refractivity contribution in [2.45, 2.75) is 24.7 Å². The number of halogens is 1. The number of benzene rings is 3. The Morgan fingerprint density at radius 2 is 1.51 bits per heavy atom. The van der Waals surface area contributed by atoms with Gasteiger partial charge in [-0.1, -0.05) is 42.0 Å². The van der Waals surface area contributed by atoms with Crippen molar-refractivity contribution < 1.29 is 26.8 Å². The molecule has 2 fully saturated rings. The number of nitrogens with one attached hydrogen (secondary N) is 1. The normalized spacial score (nSPS) is 16.9. The number of rotatable bonds is 6. The van der Waals surface area contributed by atoms with Crippen LogP contribution in [-0.2, 0) is 14.8 Å². The molecule has 2 aliphatic heterocycles. The third-order valence-corrected chi connectivity index (χ3v) is 10.2. The van der Waals surface area contributed by atoms with E-state index in [1.165, 1.54) is 10.4 Å². The van der Waals surface area contributed by atoms with Gasteiger partial charge >= 0.3 is 0 Å². The molecule has 11 heteroatoms. The molecule has 4 aromatic rings. The Hall–Kier alpha value is -4.22. The number of hydrogen-bond acceptors (Lipinski definition) is 6. The predicted octanol–water partition coefficient (Wildman–Crippen LogP) is 4.88. The zero-order valence-corrected chi connectivity index (χ0v) is 24.6. The molecule has 1 aromatic heterocycles. The van der Waals surface area contributed by atoms with E-state index in [-0.39, 0.29) is 41.4 Å². The Bertz CT molecular complexity index is 1760. The van der Waals surface area contributed by atoms with E-state index in [2.05, 4.69) is 5.32 Å². The summed E-state index contributed by atoms with van der Waals surface area (Å²) in [6, 6.07) is 20.5. The molecule has 6 rings (SSSR count). The summed E-state index contributed by atoms with van der Waals surface area (Å²) in [7, 11) is -3.65. The van der Waals surface area contributed by atoms with Gasteiger partial charge in [0.1, 0.15) is 17.1 Å². The Balaban J connectivity index is 1.15. The third-order valence-electron chi connectivity index (χ3n) is 8.28. The molecule has 2 amide bonds. The van der Waals surface area contributed by atoms with Crippen molar-refractivity contribution in [3.8, 4) is 0 Å². The van der Waals surface area contributed by atoms with Crippen LogP contribution in [-0.4, -0.2) is 68.7 Å². The number of carbonyl (C=O) groups excluding carboxylic acids is 2. The molecule has 0 saturated carbocycles. The minimum atomic E-state index is -3.65. The average Bonchev–Trinajstić information content (AvgIpc) is 3.39. The van der Waals surface area contributed by atoms with Gasteiger partial charge in [0, 0.05) is 50.6 Å².